The van der Waals surface area contributed by atoms with Crippen molar-refractivity contribution in [2.45, 2.75) is 38.1 Å². The molecule has 1 atom stereocenters. The molecule has 6 nitrogen and oxygen atoms in total. The van der Waals surface area contributed by atoms with Crippen LogP contribution in [-0.4, -0.2) is 37.8 Å². The van der Waals surface area contributed by atoms with Crippen LogP contribution in [0, 0.1) is 0 Å². The number of fused-ring (bicyclic) bond motifs is 1. The Balaban J connectivity index is 1.53. The summed E-state index contributed by atoms with van der Waals surface area (Å²) in [5.41, 5.74) is 2.30. The standard InChI is InChI=1S/C22H23ClN2O4S2/c23-15-8-5-14(6-9-15)7-10-19(26)25-22-20(17-3-1-2-4-18(17)30-22)21(27)24-16-11-12-31(28,29)13-16/h5-10,16H,1-4,11-13H2,(H,24,27)(H,25,26)/b10-7+. The summed E-state index contributed by atoms with van der Waals surface area (Å²) in [6.45, 7) is 0. The maximum absolute atomic E-state index is 13.1. The third-order valence-corrected chi connectivity index (χ3v) is 8.73. The first-order valence-corrected chi connectivity index (χ1v) is 13.2. The van der Waals surface area contributed by atoms with Crippen molar-refractivity contribution in [1.82, 2.24) is 5.32 Å². The molecular formula is C22H23ClN2O4S2. The third-order valence-electron chi connectivity index (χ3n) is 5.50. The fourth-order valence-corrected chi connectivity index (χ4v) is 7.05. The molecule has 2 amide bonds. The van der Waals surface area contributed by atoms with Gasteiger partial charge in [-0.3, -0.25) is 9.59 Å². The van der Waals surface area contributed by atoms with Crippen LogP contribution in [0.1, 0.15) is 45.6 Å². The molecule has 1 unspecified atom stereocenters. The first-order valence-electron chi connectivity index (χ1n) is 10.2. The van der Waals surface area contributed by atoms with Gasteiger partial charge in [-0.1, -0.05) is 23.7 Å². The van der Waals surface area contributed by atoms with Crippen LogP contribution in [0.4, 0.5) is 5.00 Å². The second-order valence-corrected chi connectivity index (χ2v) is 11.6. The molecule has 2 N–H and O–H groups in total. The minimum atomic E-state index is -3.09. The van der Waals surface area contributed by atoms with Crippen molar-refractivity contribution >= 4 is 55.7 Å². The van der Waals surface area contributed by atoms with Gasteiger partial charge in [0.15, 0.2) is 9.84 Å². The molecule has 0 saturated carbocycles. The number of carbonyl (C=O) groups is 2. The van der Waals surface area contributed by atoms with E-state index < -0.39 is 9.84 Å². The van der Waals surface area contributed by atoms with Gasteiger partial charge in [-0.25, -0.2) is 8.42 Å². The quantitative estimate of drug-likeness (QED) is 0.638. The van der Waals surface area contributed by atoms with E-state index in [0.29, 0.717) is 22.0 Å². The van der Waals surface area contributed by atoms with Crippen molar-refractivity contribution in [2.75, 3.05) is 16.8 Å². The van der Waals surface area contributed by atoms with Gasteiger partial charge < -0.3 is 10.6 Å². The van der Waals surface area contributed by atoms with Gasteiger partial charge in [0.05, 0.1) is 17.1 Å². The van der Waals surface area contributed by atoms with E-state index in [1.807, 2.05) is 12.1 Å². The zero-order chi connectivity index (χ0) is 22.0. The number of hydrogen-bond donors (Lipinski definition) is 2. The predicted octanol–water partition coefficient (Wildman–Crippen LogP) is 3.85. The Labute approximate surface area is 190 Å². The summed E-state index contributed by atoms with van der Waals surface area (Å²) in [6, 6.07) is 6.73. The maximum atomic E-state index is 13.1. The number of benzene rings is 1. The molecule has 1 aliphatic heterocycles. The van der Waals surface area contributed by atoms with E-state index in [2.05, 4.69) is 10.6 Å². The molecule has 164 valence electrons. The topological polar surface area (TPSA) is 92.3 Å². The first kappa shape index (κ1) is 22.0. The van der Waals surface area contributed by atoms with Crippen LogP contribution in [0.3, 0.4) is 0 Å². The molecule has 1 fully saturated rings. The Hall–Kier alpha value is -2.16. The highest BCUT2D eigenvalue weighted by molar-refractivity contribution is 7.91. The van der Waals surface area contributed by atoms with Crippen LogP contribution in [-0.2, 0) is 27.5 Å². The summed E-state index contributed by atoms with van der Waals surface area (Å²) in [4.78, 5) is 26.7. The Kier molecular flexibility index (Phi) is 6.50. The molecule has 31 heavy (non-hydrogen) atoms. The SMILES string of the molecule is O=C(/C=C/c1ccc(Cl)cc1)Nc1sc2c(c1C(=O)NC1CCS(=O)(=O)C1)CCCC2. The van der Waals surface area contributed by atoms with E-state index in [1.54, 1.807) is 18.2 Å². The van der Waals surface area contributed by atoms with Crippen LogP contribution in [0.2, 0.25) is 5.02 Å². The van der Waals surface area contributed by atoms with E-state index in [9.17, 15) is 18.0 Å². The average Bonchev–Trinajstić information content (AvgIpc) is 3.26. The lowest BCUT2D eigenvalue weighted by Gasteiger charge is -2.15. The lowest BCUT2D eigenvalue weighted by molar-refractivity contribution is -0.111. The molecule has 1 saturated heterocycles. The van der Waals surface area contributed by atoms with Crippen molar-refractivity contribution in [2.24, 2.45) is 0 Å². The maximum Gasteiger partial charge on any atom is 0.254 e. The number of aryl methyl sites for hydroxylation is 1. The second-order valence-electron chi connectivity index (χ2n) is 7.86. The number of halogens is 1. The number of hydrogen-bond acceptors (Lipinski definition) is 5. The molecule has 9 heteroatoms. The average molecular weight is 479 g/mol. The van der Waals surface area contributed by atoms with Crippen LogP contribution in [0.5, 0.6) is 0 Å². The number of rotatable bonds is 5. The molecule has 1 aromatic heterocycles. The minimum absolute atomic E-state index is 0.0312. The summed E-state index contributed by atoms with van der Waals surface area (Å²) < 4.78 is 23.5. The van der Waals surface area contributed by atoms with Gasteiger partial charge in [-0.05, 0) is 61.4 Å². The Bertz CT molecular complexity index is 1140. The first-order chi connectivity index (χ1) is 14.8. The number of sulfone groups is 1. The lowest BCUT2D eigenvalue weighted by atomic mass is 9.95. The summed E-state index contributed by atoms with van der Waals surface area (Å²) in [5.74, 6) is -0.570. The molecule has 2 aliphatic rings. The van der Waals surface area contributed by atoms with Gasteiger partial charge in [0, 0.05) is 22.0 Å². The van der Waals surface area contributed by atoms with E-state index >= 15 is 0 Å². The zero-order valence-electron chi connectivity index (χ0n) is 16.8. The highest BCUT2D eigenvalue weighted by Crippen LogP contribution is 2.38. The number of carbonyl (C=O) groups excluding carboxylic acids is 2. The predicted molar refractivity (Wildman–Crippen MR) is 125 cm³/mol. The number of thiophene rings is 1. The summed E-state index contributed by atoms with van der Waals surface area (Å²) in [6.07, 6.45) is 7.25. The lowest BCUT2D eigenvalue weighted by Crippen LogP contribution is -2.36. The summed E-state index contributed by atoms with van der Waals surface area (Å²) in [7, 11) is -3.09. The number of nitrogens with one attached hydrogen (secondary N) is 2. The number of amides is 2. The molecule has 2 heterocycles. The smallest absolute Gasteiger partial charge is 0.254 e. The van der Waals surface area contributed by atoms with E-state index in [1.165, 1.54) is 17.4 Å². The molecule has 0 bridgehead atoms. The fraction of sp³-hybridized carbons (Fsp3) is 0.364. The molecule has 0 spiro atoms. The molecular weight excluding hydrogens is 456 g/mol. The second kappa shape index (κ2) is 9.14. The van der Waals surface area contributed by atoms with Gasteiger partial charge in [0.2, 0.25) is 5.91 Å². The highest BCUT2D eigenvalue weighted by Gasteiger charge is 2.32. The van der Waals surface area contributed by atoms with Crippen LogP contribution < -0.4 is 10.6 Å². The van der Waals surface area contributed by atoms with E-state index in [-0.39, 0.29) is 29.4 Å². The monoisotopic (exact) mass is 478 g/mol. The van der Waals surface area contributed by atoms with Crippen LogP contribution in [0.15, 0.2) is 30.3 Å². The summed E-state index contributed by atoms with van der Waals surface area (Å²) >= 11 is 7.32. The van der Waals surface area contributed by atoms with Gasteiger partial charge in [-0.2, -0.15) is 0 Å². The molecule has 1 aromatic carbocycles. The van der Waals surface area contributed by atoms with Crippen molar-refractivity contribution in [1.29, 1.82) is 0 Å². The number of anilines is 1. The van der Waals surface area contributed by atoms with Crippen molar-refractivity contribution in [3.05, 3.63) is 56.9 Å². The highest BCUT2D eigenvalue weighted by atomic mass is 35.5. The van der Waals surface area contributed by atoms with Crippen molar-refractivity contribution in [3.8, 4) is 0 Å². The fourth-order valence-electron chi connectivity index (χ4n) is 3.96. The van der Waals surface area contributed by atoms with Gasteiger partial charge in [0.25, 0.3) is 5.91 Å². The van der Waals surface area contributed by atoms with Crippen LogP contribution in [0.25, 0.3) is 6.08 Å². The van der Waals surface area contributed by atoms with Gasteiger partial charge in [-0.15, -0.1) is 11.3 Å². The van der Waals surface area contributed by atoms with Crippen molar-refractivity contribution in [3.63, 3.8) is 0 Å². The molecule has 0 radical (unpaired) electrons. The normalized spacial score (nSPS) is 19.8. The molecule has 4 rings (SSSR count). The third kappa shape index (κ3) is 5.37. The molecule has 1 aliphatic carbocycles. The Morgan fingerprint density at radius 2 is 1.87 bits per heavy atom. The minimum Gasteiger partial charge on any atom is -0.348 e. The Morgan fingerprint density at radius 3 is 2.58 bits per heavy atom. The molecule has 2 aromatic rings. The van der Waals surface area contributed by atoms with Gasteiger partial charge >= 0.3 is 0 Å². The van der Waals surface area contributed by atoms with Gasteiger partial charge in [0.1, 0.15) is 5.00 Å². The summed E-state index contributed by atoms with van der Waals surface area (Å²) in [5, 5.41) is 6.88. The largest absolute Gasteiger partial charge is 0.348 e. The zero-order valence-corrected chi connectivity index (χ0v) is 19.2. The Morgan fingerprint density at radius 1 is 1.13 bits per heavy atom. The van der Waals surface area contributed by atoms with Crippen LogP contribution >= 0.6 is 22.9 Å². The van der Waals surface area contributed by atoms with Crippen molar-refractivity contribution < 1.29 is 18.0 Å². The van der Waals surface area contributed by atoms with E-state index in [0.717, 1.165) is 41.7 Å². The van der Waals surface area contributed by atoms with E-state index in [4.69, 9.17) is 11.6 Å².